The predicted octanol–water partition coefficient (Wildman–Crippen LogP) is 7.30. The van der Waals surface area contributed by atoms with Crippen LogP contribution in [0.5, 0.6) is 0 Å². The normalized spacial score (nSPS) is 22.5. The zero-order valence-electron chi connectivity index (χ0n) is 33.6. The fourth-order valence-corrected chi connectivity index (χ4v) is 6.80. The average Bonchev–Trinajstić information content (AvgIpc) is 3.16. The van der Waals surface area contributed by atoms with E-state index in [4.69, 9.17) is 9.47 Å². The molecule has 0 bridgehead atoms. The van der Waals surface area contributed by atoms with Crippen LogP contribution in [0.25, 0.3) is 0 Å². The number of aliphatic hydroxyl groups excluding tert-OH is 6. The Kier molecular flexibility index (Phi) is 31.8. The van der Waals surface area contributed by atoms with E-state index >= 15 is 0 Å². The maximum absolute atomic E-state index is 13.0. The lowest BCUT2D eigenvalue weighted by Crippen LogP contribution is -2.60. The second-order valence-electron chi connectivity index (χ2n) is 15.3. The van der Waals surface area contributed by atoms with Gasteiger partial charge >= 0.3 is 0 Å². The SMILES string of the molecule is CCCC/C=C\C/C=C\CCCCCCCCCC(=O)N[C@@H](COC1OC(CO)C(O)C(O)[C@@H]1O)[C@H](O)[C@H](O)CCCCCCCCCCCCCC. The molecule has 4 unspecified atom stereocenters. The number of hydrogen-bond donors (Lipinski definition) is 7. The lowest BCUT2D eigenvalue weighted by atomic mass is 9.98. The maximum atomic E-state index is 13.0. The fraction of sp³-hybridized carbons (Fsp3) is 0.884. The monoisotopic (exact) mass is 756 g/mol. The van der Waals surface area contributed by atoms with Gasteiger partial charge in [0.1, 0.15) is 30.5 Å². The summed E-state index contributed by atoms with van der Waals surface area (Å²) >= 11 is 0. The highest BCUT2D eigenvalue weighted by Gasteiger charge is 2.44. The molecule has 0 radical (unpaired) electrons. The smallest absolute Gasteiger partial charge is 0.220 e. The van der Waals surface area contributed by atoms with Gasteiger partial charge in [0.25, 0.3) is 0 Å². The minimum absolute atomic E-state index is 0.268. The standard InChI is InChI=1S/C43H81NO9/c1-3-5-7-9-11-13-15-17-18-19-20-22-24-26-28-30-32-38(47)44-35(34-52-43-42(51)41(50)40(49)37(33-45)53-43)39(48)36(46)31-29-27-25-23-21-16-14-12-10-8-6-4-2/h9,11,15,17,35-37,39-43,45-46,48-51H,3-8,10,12-14,16,18-34H2,1-2H3,(H,44,47)/b11-9-,17-15-/t35-,36+,37?,39-,40?,41?,42-,43?/m0/s1. The van der Waals surface area contributed by atoms with Crippen molar-refractivity contribution >= 4 is 5.91 Å². The Hall–Kier alpha value is -1.37. The third-order valence-corrected chi connectivity index (χ3v) is 10.4. The van der Waals surface area contributed by atoms with Gasteiger partial charge < -0.3 is 45.4 Å². The van der Waals surface area contributed by atoms with Crippen LogP contribution in [0.1, 0.15) is 181 Å². The molecule has 53 heavy (non-hydrogen) atoms. The van der Waals surface area contributed by atoms with Crippen molar-refractivity contribution in [1.82, 2.24) is 5.32 Å². The van der Waals surface area contributed by atoms with Crippen molar-refractivity contribution in [3.05, 3.63) is 24.3 Å². The molecule has 0 aromatic heterocycles. The molecule has 312 valence electrons. The van der Waals surface area contributed by atoms with E-state index in [0.29, 0.717) is 12.8 Å². The van der Waals surface area contributed by atoms with Crippen molar-refractivity contribution in [2.24, 2.45) is 0 Å². The van der Waals surface area contributed by atoms with Crippen LogP contribution in [0.4, 0.5) is 0 Å². The first kappa shape index (κ1) is 49.6. The molecule has 0 saturated carbocycles. The van der Waals surface area contributed by atoms with E-state index in [1.54, 1.807) is 0 Å². The molecule has 0 aromatic carbocycles. The molecule has 8 atom stereocenters. The van der Waals surface area contributed by atoms with Crippen molar-refractivity contribution < 1.29 is 44.9 Å². The number of hydrogen-bond acceptors (Lipinski definition) is 9. The van der Waals surface area contributed by atoms with Crippen molar-refractivity contribution in [3.8, 4) is 0 Å². The van der Waals surface area contributed by atoms with Crippen LogP contribution in [0.2, 0.25) is 0 Å². The third kappa shape index (κ3) is 24.7. The second-order valence-corrected chi connectivity index (χ2v) is 15.3. The number of carbonyl (C=O) groups excluding carboxylic acids is 1. The number of amides is 1. The van der Waals surface area contributed by atoms with E-state index in [-0.39, 0.29) is 18.9 Å². The van der Waals surface area contributed by atoms with Crippen LogP contribution in [0.3, 0.4) is 0 Å². The molecule has 1 aliphatic heterocycles. The molecular weight excluding hydrogens is 674 g/mol. The summed E-state index contributed by atoms with van der Waals surface area (Å²) in [6.07, 6.45) is 27.5. The molecule has 1 heterocycles. The van der Waals surface area contributed by atoms with Crippen molar-refractivity contribution in [2.75, 3.05) is 13.2 Å². The van der Waals surface area contributed by atoms with Crippen LogP contribution in [0, 0.1) is 0 Å². The maximum Gasteiger partial charge on any atom is 0.220 e. The molecule has 1 saturated heterocycles. The van der Waals surface area contributed by atoms with E-state index in [2.05, 4.69) is 43.5 Å². The summed E-state index contributed by atoms with van der Waals surface area (Å²) in [4.78, 5) is 13.0. The van der Waals surface area contributed by atoms with Gasteiger partial charge in [-0.2, -0.15) is 0 Å². The van der Waals surface area contributed by atoms with E-state index in [1.807, 2.05) is 0 Å². The van der Waals surface area contributed by atoms with E-state index in [1.165, 1.54) is 89.9 Å². The summed E-state index contributed by atoms with van der Waals surface area (Å²) < 4.78 is 11.1. The number of nitrogens with one attached hydrogen (secondary N) is 1. The summed E-state index contributed by atoms with van der Waals surface area (Å²) in [5, 5.41) is 65.0. The third-order valence-electron chi connectivity index (χ3n) is 10.4. The number of rotatable bonds is 35. The van der Waals surface area contributed by atoms with Crippen LogP contribution in [0.15, 0.2) is 24.3 Å². The molecule has 0 spiro atoms. The lowest BCUT2D eigenvalue weighted by Gasteiger charge is -2.40. The molecule has 1 aliphatic rings. The van der Waals surface area contributed by atoms with Crippen molar-refractivity contribution in [1.29, 1.82) is 0 Å². The van der Waals surface area contributed by atoms with Gasteiger partial charge in [-0.15, -0.1) is 0 Å². The van der Waals surface area contributed by atoms with Gasteiger partial charge in [0.2, 0.25) is 5.91 Å². The summed E-state index contributed by atoms with van der Waals surface area (Å²) in [7, 11) is 0. The van der Waals surface area contributed by atoms with Gasteiger partial charge in [-0.25, -0.2) is 0 Å². The number of allylic oxidation sites excluding steroid dienone is 4. The van der Waals surface area contributed by atoms with Crippen molar-refractivity contribution in [3.63, 3.8) is 0 Å². The van der Waals surface area contributed by atoms with Crippen LogP contribution in [-0.2, 0) is 14.3 Å². The highest BCUT2D eigenvalue weighted by molar-refractivity contribution is 5.76. The number of unbranched alkanes of at least 4 members (excludes halogenated alkanes) is 20. The van der Waals surface area contributed by atoms with Gasteiger partial charge in [-0.3, -0.25) is 4.79 Å². The molecule has 0 aliphatic carbocycles. The van der Waals surface area contributed by atoms with Gasteiger partial charge in [0.05, 0.1) is 25.4 Å². The molecule has 10 heteroatoms. The number of aliphatic hydroxyl groups is 6. The Balaban J connectivity index is 2.44. The molecule has 1 amide bonds. The molecule has 1 rings (SSSR count). The molecular formula is C43H81NO9. The zero-order chi connectivity index (χ0) is 38.9. The topological polar surface area (TPSA) is 169 Å². The summed E-state index contributed by atoms with van der Waals surface area (Å²) in [6, 6.07) is -0.992. The minimum atomic E-state index is -1.61. The minimum Gasteiger partial charge on any atom is -0.394 e. The van der Waals surface area contributed by atoms with Gasteiger partial charge in [-0.1, -0.05) is 160 Å². The highest BCUT2D eigenvalue weighted by atomic mass is 16.7. The van der Waals surface area contributed by atoms with Gasteiger partial charge in [0, 0.05) is 6.42 Å². The Bertz CT molecular complexity index is 901. The van der Waals surface area contributed by atoms with E-state index in [0.717, 1.165) is 57.8 Å². The van der Waals surface area contributed by atoms with Crippen LogP contribution in [-0.4, -0.2) is 98.7 Å². The first-order valence-corrected chi connectivity index (χ1v) is 21.6. The molecule has 7 N–H and O–H groups in total. The first-order chi connectivity index (χ1) is 25.8. The van der Waals surface area contributed by atoms with E-state index in [9.17, 15) is 35.4 Å². The summed E-state index contributed by atoms with van der Waals surface area (Å²) in [5.41, 5.74) is 0. The van der Waals surface area contributed by atoms with Gasteiger partial charge in [-0.05, 0) is 38.5 Å². The first-order valence-electron chi connectivity index (χ1n) is 21.6. The average molecular weight is 756 g/mol. The van der Waals surface area contributed by atoms with Crippen molar-refractivity contribution in [2.45, 2.75) is 230 Å². The van der Waals surface area contributed by atoms with Crippen LogP contribution >= 0.6 is 0 Å². The second kappa shape index (κ2) is 33.9. The Morgan fingerprint density at radius 3 is 1.74 bits per heavy atom. The summed E-state index contributed by atoms with van der Waals surface area (Å²) in [5.74, 6) is -0.268. The number of carbonyl (C=O) groups is 1. The Morgan fingerprint density at radius 2 is 1.17 bits per heavy atom. The van der Waals surface area contributed by atoms with Gasteiger partial charge in [0.15, 0.2) is 6.29 Å². The molecule has 10 nitrogen and oxygen atoms in total. The van der Waals surface area contributed by atoms with E-state index < -0.39 is 55.6 Å². The lowest BCUT2D eigenvalue weighted by molar-refractivity contribution is -0.303. The van der Waals surface area contributed by atoms with Crippen LogP contribution < -0.4 is 5.32 Å². The summed E-state index contributed by atoms with van der Waals surface area (Å²) in [6.45, 7) is 3.54. The fourth-order valence-electron chi connectivity index (χ4n) is 6.80. The predicted molar refractivity (Wildman–Crippen MR) is 213 cm³/mol. The zero-order valence-corrected chi connectivity index (χ0v) is 33.6. The highest BCUT2D eigenvalue weighted by Crippen LogP contribution is 2.23. The number of ether oxygens (including phenoxy) is 2. The Morgan fingerprint density at radius 1 is 0.660 bits per heavy atom. The quantitative estimate of drug-likeness (QED) is 0.0259. The molecule has 1 fully saturated rings. The largest absolute Gasteiger partial charge is 0.394 e. The molecule has 0 aromatic rings. The Labute approximate surface area is 322 Å².